The highest BCUT2D eigenvalue weighted by atomic mass is 16.3. The number of nitrogens with zero attached hydrogens (tertiary/aromatic N) is 2. The summed E-state index contributed by atoms with van der Waals surface area (Å²) in [6.45, 7) is 0.556. The van der Waals surface area contributed by atoms with Crippen molar-refractivity contribution in [2.24, 2.45) is 16.0 Å². The molecule has 1 saturated carbocycles. The maximum Gasteiger partial charge on any atom is 0.141 e. The van der Waals surface area contributed by atoms with Gasteiger partial charge in [-0.2, -0.15) is 5.11 Å². The molecule has 2 aromatic rings. The van der Waals surface area contributed by atoms with Crippen molar-refractivity contribution < 1.29 is 5.11 Å². The van der Waals surface area contributed by atoms with E-state index >= 15 is 0 Å². The summed E-state index contributed by atoms with van der Waals surface area (Å²) >= 11 is 0. The zero-order valence-corrected chi connectivity index (χ0v) is 15.7. The number of aromatic amines is 1. The maximum atomic E-state index is 10.3. The fourth-order valence-corrected chi connectivity index (χ4v) is 4.11. The van der Waals surface area contributed by atoms with E-state index < -0.39 is 6.10 Å². The fourth-order valence-electron chi connectivity index (χ4n) is 4.11. The van der Waals surface area contributed by atoms with Crippen molar-refractivity contribution in [3.05, 3.63) is 59.4 Å². The Kier molecular flexibility index (Phi) is 5.64. The van der Waals surface area contributed by atoms with Gasteiger partial charge in [0.25, 0.3) is 0 Å². The Balaban J connectivity index is 1.35. The molecular formula is C21H26N6O. The summed E-state index contributed by atoms with van der Waals surface area (Å²) in [5, 5.41) is 20.9. The van der Waals surface area contributed by atoms with Crippen molar-refractivity contribution in [1.29, 1.82) is 5.53 Å². The van der Waals surface area contributed by atoms with Gasteiger partial charge in [-0.1, -0.05) is 30.3 Å². The first-order valence-corrected chi connectivity index (χ1v) is 9.81. The number of aliphatic hydroxyl groups is 1. The van der Waals surface area contributed by atoms with Gasteiger partial charge in [-0.3, -0.25) is 0 Å². The molecule has 1 aliphatic heterocycles. The monoisotopic (exact) mass is 378 g/mol. The molecule has 0 amide bonds. The Morgan fingerprint density at radius 2 is 2.00 bits per heavy atom. The van der Waals surface area contributed by atoms with Crippen LogP contribution in [0.5, 0.6) is 0 Å². The molecule has 7 nitrogen and oxygen atoms in total. The minimum atomic E-state index is -0.488. The molecule has 2 aliphatic rings. The highest BCUT2D eigenvalue weighted by Crippen LogP contribution is 2.37. The van der Waals surface area contributed by atoms with Crippen LogP contribution in [0.15, 0.2) is 58.4 Å². The van der Waals surface area contributed by atoms with Crippen molar-refractivity contribution in [2.45, 2.75) is 37.8 Å². The summed E-state index contributed by atoms with van der Waals surface area (Å²) in [6.07, 6.45) is 6.97. The molecule has 146 valence electrons. The van der Waals surface area contributed by atoms with Gasteiger partial charge in [-0.25, -0.2) is 10.5 Å². The van der Waals surface area contributed by atoms with Gasteiger partial charge in [-0.15, -0.1) is 0 Å². The van der Waals surface area contributed by atoms with Crippen LogP contribution in [0.1, 0.15) is 42.9 Å². The Hall–Kier alpha value is -2.77. The average Bonchev–Trinajstić information content (AvgIpc) is 3.24. The molecule has 1 aromatic carbocycles. The highest BCUT2D eigenvalue weighted by molar-refractivity contribution is 5.87. The van der Waals surface area contributed by atoms with E-state index in [1.807, 2.05) is 42.6 Å². The van der Waals surface area contributed by atoms with Crippen molar-refractivity contribution >= 4 is 17.9 Å². The number of aromatic nitrogens is 1. The molecule has 7 heteroatoms. The van der Waals surface area contributed by atoms with Crippen LogP contribution in [0.25, 0.3) is 5.70 Å². The Bertz CT molecular complexity index is 864. The number of aliphatic imine (C=N–C) groups is 1. The highest BCUT2D eigenvalue weighted by Gasteiger charge is 2.28. The SMILES string of the molecule is N=N/C(=C1\NC=Nc2[nH]ccc21)[C@H]1CC[C@H](NC[C@H](O)c2ccccc2)CC1. The summed E-state index contributed by atoms with van der Waals surface area (Å²) in [6, 6.07) is 12.1. The Morgan fingerprint density at radius 1 is 1.21 bits per heavy atom. The predicted octanol–water partition coefficient (Wildman–Crippen LogP) is 3.86. The molecule has 2 heterocycles. The number of hydrogen-bond acceptors (Lipinski definition) is 6. The van der Waals surface area contributed by atoms with Crippen molar-refractivity contribution in [1.82, 2.24) is 15.6 Å². The van der Waals surface area contributed by atoms with E-state index in [4.69, 9.17) is 5.53 Å². The quantitative estimate of drug-likeness (QED) is 0.492. The molecule has 1 fully saturated rings. The first kappa shape index (κ1) is 18.6. The van der Waals surface area contributed by atoms with E-state index in [1.165, 1.54) is 0 Å². The first-order chi connectivity index (χ1) is 13.8. The number of benzene rings is 1. The summed E-state index contributed by atoms with van der Waals surface area (Å²) in [7, 11) is 0. The molecule has 4 rings (SSSR count). The van der Waals surface area contributed by atoms with Crippen LogP contribution in [0.3, 0.4) is 0 Å². The van der Waals surface area contributed by atoms with Gasteiger partial charge in [0, 0.05) is 30.3 Å². The van der Waals surface area contributed by atoms with Gasteiger partial charge >= 0.3 is 0 Å². The first-order valence-electron chi connectivity index (χ1n) is 9.81. The number of aliphatic hydroxyl groups excluding tert-OH is 1. The minimum absolute atomic E-state index is 0.256. The zero-order chi connectivity index (χ0) is 19.3. The second kappa shape index (κ2) is 8.50. The molecule has 0 spiro atoms. The molecular weight excluding hydrogens is 352 g/mol. The van der Waals surface area contributed by atoms with Crippen molar-refractivity contribution in [3.63, 3.8) is 0 Å². The summed E-state index contributed by atoms with van der Waals surface area (Å²) in [5.74, 6) is 1.06. The van der Waals surface area contributed by atoms with E-state index in [0.717, 1.165) is 54.0 Å². The topological polar surface area (TPSA) is 109 Å². The summed E-state index contributed by atoms with van der Waals surface area (Å²) < 4.78 is 0. The van der Waals surface area contributed by atoms with Gasteiger partial charge in [-0.05, 0) is 37.3 Å². The van der Waals surface area contributed by atoms with Gasteiger partial charge < -0.3 is 20.7 Å². The molecule has 5 N–H and O–H groups in total. The van der Waals surface area contributed by atoms with Crippen LogP contribution in [0.4, 0.5) is 5.82 Å². The lowest BCUT2D eigenvalue weighted by Crippen LogP contribution is -2.36. The number of H-pyrrole nitrogens is 1. The number of allylic oxidation sites excluding steroid dienone is 1. The van der Waals surface area contributed by atoms with Crippen LogP contribution in [0.2, 0.25) is 0 Å². The van der Waals surface area contributed by atoms with Crippen molar-refractivity contribution in [3.8, 4) is 0 Å². The van der Waals surface area contributed by atoms with Crippen LogP contribution in [-0.4, -0.2) is 29.0 Å². The van der Waals surface area contributed by atoms with Crippen LogP contribution in [0, 0.1) is 11.4 Å². The van der Waals surface area contributed by atoms with E-state index in [-0.39, 0.29) is 5.92 Å². The molecule has 0 unspecified atom stereocenters. The Labute approximate surface area is 164 Å². The molecule has 0 bridgehead atoms. The van der Waals surface area contributed by atoms with Crippen LogP contribution in [-0.2, 0) is 0 Å². The lowest BCUT2D eigenvalue weighted by molar-refractivity contribution is 0.163. The standard InChI is InChI=1S/C21H26N6O/c22-27-19(20-17-10-11-23-21(17)26-13-25-20)15-6-8-16(9-7-15)24-12-18(28)14-4-2-1-3-5-14/h1-5,10-11,13,15-16,18,22-24,28H,6-9,12H2,(H,25,26)/b20-19-,27-22?/t15-,16-,18-/m0/s1. The van der Waals surface area contributed by atoms with Gasteiger partial charge in [0.15, 0.2) is 0 Å². The zero-order valence-electron chi connectivity index (χ0n) is 15.7. The normalized spacial score (nSPS) is 24.2. The molecule has 1 atom stereocenters. The lowest BCUT2D eigenvalue weighted by Gasteiger charge is -2.31. The third kappa shape index (κ3) is 3.90. The number of fused-ring (bicyclic) bond motifs is 1. The Morgan fingerprint density at radius 3 is 2.75 bits per heavy atom. The number of nitrogens with one attached hydrogen (secondary N) is 4. The number of rotatable bonds is 6. The molecule has 0 saturated heterocycles. The fraction of sp³-hybridized carbons (Fsp3) is 0.381. The number of hydrogen-bond donors (Lipinski definition) is 5. The summed E-state index contributed by atoms with van der Waals surface area (Å²) in [4.78, 5) is 7.39. The van der Waals surface area contributed by atoms with E-state index in [9.17, 15) is 5.11 Å². The molecule has 0 radical (unpaired) electrons. The molecule has 1 aromatic heterocycles. The van der Waals surface area contributed by atoms with Crippen LogP contribution < -0.4 is 10.6 Å². The van der Waals surface area contributed by atoms with Crippen LogP contribution >= 0.6 is 0 Å². The van der Waals surface area contributed by atoms with E-state index in [0.29, 0.717) is 12.6 Å². The molecule has 28 heavy (non-hydrogen) atoms. The predicted molar refractivity (Wildman–Crippen MR) is 109 cm³/mol. The maximum absolute atomic E-state index is 10.3. The van der Waals surface area contributed by atoms with E-state index in [2.05, 4.69) is 25.7 Å². The van der Waals surface area contributed by atoms with Gasteiger partial charge in [0.05, 0.1) is 23.8 Å². The smallest absolute Gasteiger partial charge is 0.141 e. The van der Waals surface area contributed by atoms with Gasteiger partial charge in [0.2, 0.25) is 0 Å². The second-order valence-corrected chi connectivity index (χ2v) is 7.40. The lowest BCUT2D eigenvalue weighted by atomic mass is 9.83. The van der Waals surface area contributed by atoms with E-state index in [1.54, 1.807) is 6.34 Å². The average molecular weight is 378 g/mol. The largest absolute Gasteiger partial charge is 0.387 e. The van der Waals surface area contributed by atoms with Crippen molar-refractivity contribution in [2.75, 3.05) is 6.54 Å². The van der Waals surface area contributed by atoms with Gasteiger partial charge in [0.1, 0.15) is 5.82 Å². The second-order valence-electron chi connectivity index (χ2n) is 7.40. The molecule has 1 aliphatic carbocycles. The third-order valence-electron chi connectivity index (χ3n) is 5.67. The third-order valence-corrected chi connectivity index (χ3v) is 5.67. The summed E-state index contributed by atoms with van der Waals surface area (Å²) in [5.41, 5.74) is 11.3. The minimum Gasteiger partial charge on any atom is -0.387 e.